The Morgan fingerprint density at radius 1 is 1.00 bits per heavy atom. The largest absolute Gasteiger partial charge is 0.341 e. The zero-order valence-electron chi connectivity index (χ0n) is 17.5. The number of aromatic nitrogens is 4. The van der Waals surface area contributed by atoms with Crippen LogP contribution in [0.15, 0.2) is 83.9 Å². The van der Waals surface area contributed by atoms with E-state index in [4.69, 9.17) is 0 Å². The van der Waals surface area contributed by atoms with Gasteiger partial charge in [-0.05, 0) is 30.3 Å². The molecule has 5 aromatic rings. The number of carbonyl (C=O) groups excluding carboxylic acids is 1. The lowest BCUT2D eigenvalue weighted by molar-refractivity contribution is 0.0796. The minimum absolute atomic E-state index is 0.0939. The first-order valence-corrected chi connectivity index (χ1v) is 10.4. The molecule has 0 saturated heterocycles. The van der Waals surface area contributed by atoms with Crippen LogP contribution in [-0.4, -0.2) is 43.8 Å². The standard InChI is InChI=1S/C25H21N5O2/c1-29(14-12-19-9-5-6-13-26-19)25(32)18-10-11-20-21(15-18)30-22(24(31)28-20)16-27-23(30)17-7-3-2-4-8-17/h2-11,13,15-16H,12,14H2,1H3,(H,28,31). The quantitative estimate of drug-likeness (QED) is 0.469. The van der Waals surface area contributed by atoms with E-state index in [1.54, 1.807) is 36.5 Å². The Labute approximate surface area is 184 Å². The van der Waals surface area contributed by atoms with Crippen LogP contribution in [0.4, 0.5) is 0 Å². The highest BCUT2D eigenvalue weighted by Crippen LogP contribution is 2.23. The molecule has 0 unspecified atom stereocenters. The second-order valence-corrected chi connectivity index (χ2v) is 7.65. The number of aromatic amines is 1. The van der Waals surface area contributed by atoms with Crippen molar-refractivity contribution in [1.29, 1.82) is 0 Å². The third-order valence-corrected chi connectivity index (χ3v) is 5.54. The Bertz CT molecular complexity index is 1470. The number of H-pyrrole nitrogens is 1. The molecule has 158 valence electrons. The van der Waals surface area contributed by atoms with Gasteiger partial charge in [0.1, 0.15) is 11.3 Å². The number of hydrogen-bond acceptors (Lipinski definition) is 4. The van der Waals surface area contributed by atoms with Crippen LogP contribution >= 0.6 is 0 Å². The highest BCUT2D eigenvalue weighted by Gasteiger charge is 2.16. The molecular weight excluding hydrogens is 402 g/mol. The zero-order valence-corrected chi connectivity index (χ0v) is 17.5. The number of benzene rings is 2. The predicted octanol–water partition coefficient (Wildman–Crippen LogP) is 3.55. The second-order valence-electron chi connectivity index (χ2n) is 7.65. The van der Waals surface area contributed by atoms with E-state index in [0.29, 0.717) is 35.4 Å². The summed E-state index contributed by atoms with van der Waals surface area (Å²) in [6.45, 7) is 0.551. The van der Waals surface area contributed by atoms with Crippen molar-refractivity contribution in [1.82, 2.24) is 24.3 Å². The molecule has 0 aliphatic carbocycles. The highest BCUT2D eigenvalue weighted by atomic mass is 16.2. The molecule has 0 spiro atoms. The minimum atomic E-state index is -0.223. The van der Waals surface area contributed by atoms with Crippen LogP contribution in [0.1, 0.15) is 16.1 Å². The molecule has 1 amide bonds. The fourth-order valence-electron chi connectivity index (χ4n) is 3.84. The molecular formula is C25H21N5O2. The summed E-state index contributed by atoms with van der Waals surface area (Å²) in [5, 5.41) is 0. The minimum Gasteiger partial charge on any atom is -0.341 e. The zero-order chi connectivity index (χ0) is 22.1. The number of pyridine rings is 1. The van der Waals surface area contributed by atoms with E-state index in [1.165, 1.54) is 0 Å². The predicted molar refractivity (Wildman–Crippen MR) is 124 cm³/mol. The van der Waals surface area contributed by atoms with Gasteiger partial charge in [-0.3, -0.25) is 19.0 Å². The van der Waals surface area contributed by atoms with Gasteiger partial charge in [0.15, 0.2) is 0 Å². The molecule has 3 aromatic heterocycles. The van der Waals surface area contributed by atoms with Crippen LogP contribution in [-0.2, 0) is 6.42 Å². The van der Waals surface area contributed by atoms with Gasteiger partial charge in [0, 0.05) is 43.0 Å². The van der Waals surface area contributed by atoms with Crippen molar-refractivity contribution in [2.24, 2.45) is 0 Å². The molecule has 1 N–H and O–H groups in total. The molecule has 0 radical (unpaired) electrons. The van der Waals surface area contributed by atoms with E-state index in [-0.39, 0.29) is 11.5 Å². The summed E-state index contributed by atoms with van der Waals surface area (Å²) in [5.41, 5.74) is 3.95. The summed E-state index contributed by atoms with van der Waals surface area (Å²) in [5.74, 6) is 0.563. The first-order valence-electron chi connectivity index (χ1n) is 10.4. The molecule has 0 bridgehead atoms. The molecule has 7 heteroatoms. The Morgan fingerprint density at radius 3 is 2.59 bits per heavy atom. The third-order valence-electron chi connectivity index (χ3n) is 5.54. The molecule has 7 nitrogen and oxygen atoms in total. The van der Waals surface area contributed by atoms with Crippen LogP contribution in [0.25, 0.3) is 27.9 Å². The van der Waals surface area contributed by atoms with Gasteiger partial charge in [0.25, 0.3) is 11.5 Å². The van der Waals surface area contributed by atoms with Gasteiger partial charge < -0.3 is 9.88 Å². The normalized spacial score (nSPS) is 11.2. The lowest BCUT2D eigenvalue weighted by atomic mass is 10.1. The summed E-state index contributed by atoms with van der Waals surface area (Å²) in [7, 11) is 1.78. The Balaban J connectivity index is 1.54. The summed E-state index contributed by atoms with van der Waals surface area (Å²) in [6, 6.07) is 20.8. The summed E-state index contributed by atoms with van der Waals surface area (Å²) in [4.78, 5) is 39.1. The van der Waals surface area contributed by atoms with E-state index in [2.05, 4.69) is 15.0 Å². The number of amides is 1. The van der Waals surface area contributed by atoms with Crippen LogP contribution in [0, 0.1) is 0 Å². The molecule has 5 rings (SSSR count). The summed E-state index contributed by atoms with van der Waals surface area (Å²) >= 11 is 0. The van der Waals surface area contributed by atoms with Gasteiger partial charge in [0.2, 0.25) is 0 Å². The van der Waals surface area contributed by atoms with Gasteiger partial charge in [-0.1, -0.05) is 36.4 Å². The van der Waals surface area contributed by atoms with Gasteiger partial charge >= 0.3 is 0 Å². The average Bonchev–Trinajstić information content (AvgIpc) is 3.29. The summed E-state index contributed by atoms with van der Waals surface area (Å²) < 4.78 is 1.81. The molecule has 0 atom stereocenters. The number of hydrogen-bond donors (Lipinski definition) is 1. The van der Waals surface area contributed by atoms with E-state index >= 15 is 0 Å². The SMILES string of the molecule is CN(CCc1ccccn1)C(=O)c1ccc2[nH]c(=O)c3cnc(-c4ccccc4)n3c2c1. The van der Waals surface area contributed by atoms with Gasteiger partial charge in [-0.25, -0.2) is 4.98 Å². The molecule has 0 aliphatic rings. The van der Waals surface area contributed by atoms with E-state index in [1.807, 2.05) is 59.0 Å². The van der Waals surface area contributed by atoms with Gasteiger partial charge in [-0.15, -0.1) is 0 Å². The second kappa shape index (κ2) is 8.11. The molecule has 0 saturated carbocycles. The van der Waals surface area contributed by atoms with Crippen molar-refractivity contribution in [3.05, 3.63) is 101 Å². The highest BCUT2D eigenvalue weighted by molar-refractivity contribution is 5.97. The lowest BCUT2D eigenvalue weighted by Gasteiger charge is -2.17. The number of imidazole rings is 1. The molecule has 3 heterocycles. The van der Waals surface area contributed by atoms with Crippen molar-refractivity contribution in [2.45, 2.75) is 6.42 Å². The topological polar surface area (TPSA) is 83.4 Å². The maximum Gasteiger partial charge on any atom is 0.274 e. The third kappa shape index (κ3) is 3.54. The number of nitrogens with zero attached hydrogens (tertiary/aromatic N) is 4. The maximum atomic E-state index is 13.1. The molecule has 0 fully saturated rings. The number of likely N-dealkylation sites (N-methyl/N-ethyl adjacent to an activating group) is 1. The van der Waals surface area contributed by atoms with Crippen molar-refractivity contribution in [2.75, 3.05) is 13.6 Å². The lowest BCUT2D eigenvalue weighted by Crippen LogP contribution is -2.29. The first-order chi connectivity index (χ1) is 15.6. The van der Waals surface area contributed by atoms with Crippen molar-refractivity contribution < 1.29 is 4.79 Å². The summed E-state index contributed by atoms with van der Waals surface area (Å²) in [6.07, 6.45) is 3.99. The van der Waals surface area contributed by atoms with Gasteiger partial charge in [0.05, 0.1) is 17.2 Å². The number of nitrogens with one attached hydrogen (secondary N) is 1. The van der Waals surface area contributed by atoms with Crippen LogP contribution in [0.2, 0.25) is 0 Å². The van der Waals surface area contributed by atoms with Crippen LogP contribution < -0.4 is 5.56 Å². The molecule has 2 aromatic carbocycles. The molecule has 0 aliphatic heterocycles. The number of rotatable bonds is 5. The van der Waals surface area contributed by atoms with Gasteiger partial charge in [-0.2, -0.15) is 0 Å². The fourth-order valence-corrected chi connectivity index (χ4v) is 3.84. The van der Waals surface area contributed by atoms with Crippen LogP contribution in [0.3, 0.4) is 0 Å². The maximum absolute atomic E-state index is 13.1. The van der Waals surface area contributed by atoms with E-state index < -0.39 is 0 Å². The Morgan fingerprint density at radius 2 is 1.81 bits per heavy atom. The van der Waals surface area contributed by atoms with Crippen molar-refractivity contribution >= 4 is 22.5 Å². The average molecular weight is 423 g/mol. The van der Waals surface area contributed by atoms with E-state index in [9.17, 15) is 9.59 Å². The first kappa shape index (κ1) is 19.7. The smallest absolute Gasteiger partial charge is 0.274 e. The monoisotopic (exact) mass is 423 g/mol. The Kier molecular flexibility index (Phi) is 4.99. The fraction of sp³-hybridized carbons (Fsp3) is 0.120. The van der Waals surface area contributed by atoms with E-state index in [0.717, 1.165) is 16.8 Å². The molecule has 32 heavy (non-hydrogen) atoms. The number of fused-ring (bicyclic) bond motifs is 3. The van der Waals surface area contributed by atoms with Crippen LogP contribution in [0.5, 0.6) is 0 Å². The number of carbonyl (C=O) groups is 1. The van der Waals surface area contributed by atoms with Crippen molar-refractivity contribution in [3.63, 3.8) is 0 Å². The Hall–Kier alpha value is -4.26. The van der Waals surface area contributed by atoms with Crippen molar-refractivity contribution in [3.8, 4) is 11.4 Å².